The molecule has 1 saturated heterocycles. The molecule has 1 aromatic carbocycles. The second-order valence-corrected chi connectivity index (χ2v) is 8.30. The van der Waals surface area contributed by atoms with Gasteiger partial charge in [-0.1, -0.05) is 32.0 Å². The zero-order chi connectivity index (χ0) is 18.5. The standard InChI is InChI=1S/C21H30N2O3/c1-3-23-9-8-18-20(12-24,13-25)19-16(10-14(2)21(18,26)11-23)15-6-4-5-7-17(15)22-19/h4-7,14,18,22,24-26H,3,8-13H2,1-2H3. The van der Waals surface area contributed by atoms with Gasteiger partial charge >= 0.3 is 0 Å². The van der Waals surface area contributed by atoms with Crippen molar-refractivity contribution in [2.24, 2.45) is 11.8 Å². The zero-order valence-corrected chi connectivity index (χ0v) is 15.7. The molecule has 0 spiro atoms. The highest BCUT2D eigenvalue weighted by Crippen LogP contribution is 2.51. The second-order valence-electron chi connectivity index (χ2n) is 8.30. The lowest BCUT2D eigenvalue weighted by atomic mass is 9.61. The number of rotatable bonds is 3. The summed E-state index contributed by atoms with van der Waals surface area (Å²) in [5.41, 5.74) is 1.31. The molecule has 3 unspecified atom stereocenters. The van der Waals surface area contributed by atoms with Crippen molar-refractivity contribution in [3.05, 3.63) is 35.5 Å². The Kier molecular flexibility index (Phi) is 4.39. The molecule has 26 heavy (non-hydrogen) atoms. The van der Waals surface area contributed by atoms with Crippen LogP contribution in [0.4, 0.5) is 0 Å². The van der Waals surface area contributed by atoms with Gasteiger partial charge in [0.05, 0.1) is 24.2 Å². The van der Waals surface area contributed by atoms with Crippen molar-refractivity contribution in [3.8, 4) is 0 Å². The molecule has 0 radical (unpaired) electrons. The molecule has 0 bridgehead atoms. The fraction of sp³-hybridized carbons (Fsp3) is 0.619. The van der Waals surface area contributed by atoms with E-state index >= 15 is 0 Å². The van der Waals surface area contributed by atoms with Crippen molar-refractivity contribution in [3.63, 3.8) is 0 Å². The first-order chi connectivity index (χ1) is 12.5. The third-order valence-corrected chi connectivity index (χ3v) is 7.17. The van der Waals surface area contributed by atoms with Gasteiger partial charge in [-0.05, 0) is 43.5 Å². The van der Waals surface area contributed by atoms with Crippen LogP contribution in [0.2, 0.25) is 0 Å². The van der Waals surface area contributed by atoms with Crippen molar-refractivity contribution in [2.45, 2.75) is 37.7 Å². The summed E-state index contributed by atoms with van der Waals surface area (Å²) in [7, 11) is 0. The number of aromatic amines is 1. The van der Waals surface area contributed by atoms with E-state index in [-0.39, 0.29) is 25.0 Å². The number of fused-ring (bicyclic) bond motifs is 4. The van der Waals surface area contributed by atoms with E-state index in [0.29, 0.717) is 6.54 Å². The number of hydrogen-bond donors (Lipinski definition) is 4. The Bertz CT molecular complexity index is 798. The first-order valence-corrected chi connectivity index (χ1v) is 9.76. The summed E-state index contributed by atoms with van der Waals surface area (Å²) in [6, 6.07) is 8.15. The summed E-state index contributed by atoms with van der Waals surface area (Å²) in [5, 5.41) is 34.0. The van der Waals surface area contributed by atoms with Crippen LogP contribution in [-0.4, -0.2) is 63.7 Å². The number of aromatic nitrogens is 1. The van der Waals surface area contributed by atoms with Gasteiger partial charge in [0.15, 0.2) is 0 Å². The fourth-order valence-electron chi connectivity index (χ4n) is 5.56. The smallest absolute Gasteiger partial charge is 0.0841 e. The summed E-state index contributed by atoms with van der Waals surface area (Å²) < 4.78 is 0. The Morgan fingerprint density at radius 1 is 1.23 bits per heavy atom. The van der Waals surface area contributed by atoms with E-state index in [1.165, 1.54) is 0 Å². The van der Waals surface area contributed by atoms with E-state index in [2.05, 4.69) is 29.8 Å². The largest absolute Gasteiger partial charge is 0.395 e. The van der Waals surface area contributed by atoms with Crippen molar-refractivity contribution >= 4 is 10.9 Å². The minimum atomic E-state index is -0.930. The number of hydrogen-bond acceptors (Lipinski definition) is 4. The predicted molar refractivity (Wildman–Crippen MR) is 102 cm³/mol. The summed E-state index contributed by atoms with van der Waals surface area (Å²) >= 11 is 0. The van der Waals surface area contributed by atoms with Gasteiger partial charge in [0.25, 0.3) is 0 Å². The molecule has 1 aliphatic carbocycles. The van der Waals surface area contributed by atoms with Crippen LogP contribution in [0.15, 0.2) is 24.3 Å². The SMILES string of the molecule is CCN1CCC2C(CO)(CO)c3[nH]c4ccccc4c3CC(C)C2(O)C1. The number of para-hydroxylation sites is 1. The summed E-state index contributed by atoms with van der Waals surface area (Å²) in [5.74, 6) is -0.142. The fourth-order valence-corrected chi connectivity index (χ4v) is 5.56. The molecule has 1 fully saturated rings. The first-order valence-electron chi connectivity index (χ1n) is 9.76. The van der Waals surface area contributed by atoms with Crippen molar-refractivity contribution in [1.82, 2.24) is 9.88 Å². The number of benzene rings is 1. The van der Waals surface area contributed by atoms with Gasteiger partial charge in [-0.3, -0.25) is 0 Å². The predicted octanol–water partition coefficient (Wildman–Crippen LogP) is 1.66. The molecular weight excluding hydrogens is 328 g/mol. The molecule has 1 aliphatic heterocycles. The monoisotopic (exact) mass is 358 g/mol. The molecule has 5 heteroatoms. The zero-order valence-electron chi connectivity index (χ0n) is 15.7. The quantitative estimate of drug-likeness (QED) is 0.673. The first kappa shape index (κ1) is 18.0. The van der Waals surface area contributed by atoms with E-state index in [4.69, 9.17) is 0 Å². The number of piperidine rings is 1. The summed E-state index contributed by atoms with van der Waals surface area (Å²) in [6.07, 6.45) is 1.51. The highest BCUT2D eigenvalue weighted by atomic mass is 16.3. The maximum atomic E-state index is 11.8. The van der Waals surface area contributed by atoms with Crippen LogP contribution in [0, 0.1) is 11.8 Å². The van der Waals surface area contributed by atoms with Crippen LogP contribution in [0.5, 0.6) is 0 Å². The lowest BCUT2D eigenvalue weighted by Gasteiger charge is -2.53. The molecule has 4 N–H and O–H groups in total. The lowest BCUT2D eigenvalue weighted by molar-refractivity contribution is -0.146. The minimum absolute atomic E-state index is 0.0415. The van der Waals surface area contributed by atoms with Crippen molar-refractivity contribution in [1.29, 1.82) is 0 Å². The van der Waals surface area contributed by atoms with Crippen LogP contribution >= 0.6 is 0 Å². The van der Waals surface area contributed by atoms with E-state index < -0.39 is 11.0 Å². The Balaban J connectivity index is 1.95. The van der Waals surface area contributed by atoms with Gasteiger partial charge in [-0.25, -0.2) is 0 Å². The molecule has 4 rings (SSSR count). The van der Waals surface area contributed by atoms with Crippen LogP contribution in [0.25, 0.3) is 10.9 Å². The topological polar surface area (TPSA) is 79.7 Å². The Labute approximate surface area is 154 Å². The van der Waals surface area contributed by atoms with E-state index in [9.17, 15) is 15.3 Å². The third kappa shape index (κ3) is 2.31. The van der Waals surface area contributed by atoms with E-state index in [1.54, 1.807) is 0 Å². The molecular formula is C21H30N2O3. The maximum absolute atomic E-state index is 11.8. The molecule has 2 aromatic rings. The van der Waals surface area contributed by atoms with Gasteiger partial charge in [-0.2, -0.15) is 0 Å². The molecule has 142 valence electrons. The lowest BCUT2D eigenvalue weighted by Crippen LogP contribution is -2.64. The van der Waals surface area contributed by atoms with Crippen LogP contribution in [-0.2, 0) is 11.8 Å². The highest BCUT2D eigenvalue weighted by molar-refractivity contribution is 5.85. The number of nitrogens with zero attached hydrogens (tertiary/aromatic N) is 1. The van der Waals surface area contributed by atoms with Crippen LogP contribution in [0.1, 0.15) is 31.5 Å². The van der Waals surface area contributed by atoms with Gasteiger partial charge < -0.3 is 25.2 Å². The highest BCUT2D eigenvalue weighted by Gasteiger charge is 2.58. The molecule has 0 amide bonds. The molecule has 0 saturated carbocycles. The molecule has 2 heterocycles. The Hall–Kier alpha value is -1.40. The van der Waals surface area contributed by atoms with Gasteiger partial charge in [0, 0.05) is 29.1 Å². The number of likely N-dealkylation sites (N-methyl/N-ethyl adjacent to an activating group) is 1. The van der Waals surface area contributed by atoms with Crippen LogP contribution in [0.3, 0.4) is 0 Å². The van der Waals surface area contributed by atoms with Gasteiger partial charge in [-0.15, -0.1) is 0 Å². The Morgan fingerprint density at radius 3 is 2.65 bits per heavy atom. The number of H-pyrrole nitrogens is 1. The van der Waals surface area contributed by atoms with E-state index in [0.717, 1.165) is 48.1 Å². The van der Waals surface area contributed by atoms with Gasteiger partial charge in [0.1, 0.15) is 0 Å². The molecule has 2 aliphatic rings. The van der Waals surface area contributed by atoms with Gasteiger partial charge in [0.2, 0.25) is 0 Å². The van der Waals surface area contributed by atoms with Crippen LogP contribution < -0.4 is 0 Å². The van der Waals surface area contributed by atoms with E-state index in [1.807, 2.05) is 18.2 Å². The average molecular weight is 358 g/mol. The number of β-amino-alcohol motifs (C(OH)–C–C–N with tert-alkyl or cyclic N) is 1. The van der Waals surface area contributed by atoms with Crippen molar-refractivity contribution in [2.75, 3.05) is 32.8 Å². The number of aliphatic hydroxyl groups is 3. The molecule has 1 aromatic heterocycles. The molecule has 5 nitrogen and oxygen atoms in total. The number of likely N-dealkylation sites (tertiary alicyclic amines) is 1. The Morgan fingerprint density at radius 2 is 1.96 bits per heavy atom. The van der Waals surface area contributed by atoms with Crippen molar-refractivity contribution < 1.29 is 15.3 Å². The summed E-state index contributed by atoms with van der Waals surface area (Å²) in [4.78, 5) is 5.78. The number of nitrogens with one attached hydrogen (secondary N) is 1. The summed E-state index contributed by atoms with van der Waals surface area (Å²) in [6.45, 7) is 6.27. The maximum Gasteiger partial charge on any atom is 0.0841 e. The third-order valence-electron chi connectivity index (χ3n) is 7.17. The minimum Gasteiger partial charge on any atom is -0.395 e. The normalized spacial score (nSPS) is 31.4. The second kappa shape index (κ2) is 6.34. The molecule has 3 atom stereocenters. The average Bonchev–Trinajstić information content (AvgIpc) is 3.00. The number of aliphatic hydroxyl groups excluding tert-OH is 2.